The smallest absolute Gasteiger partial charge is 0.174 e. The van der Waals surface area contributed by atoms with E-state index in [2.05, 4.69) is 64.4 Å². The second-order valence-electron chi connectivity index (χ2n) is 10.9. The van der Waals surface area contributed by atoms with Gasteiger partial charge in [0.1, 0.15) is 23.0 Å². The third-order valence-corrected chi connectivity index (χ3v) is 8.07. The van der Waals surface area contributed by atoms with Crippen molar-refractivity contribution < 1.29 is 23.7 Å². The lowest BCUT2D eigenvalue weighted by Gasteiger charge is -2.38. The van der Waals surface area contributed by atoms with E-state index < -0.39 is 0 Å². The number of methoxy groups -OCH3 is 4. The van der Waals surface area contributed by atoms with Gasteiger partial charge >= 0.3 is 0 Å². The van der Waals surface area contributed by atoms with Gasteiger partial charge in [-0.05, 0) is 76.9 Å². The van der Waals surface area contributed by atoms with Crippen molar-refractivity contribution in [2.24, 2.45) is 0 Å². The number of hydrogen-bond acceptors (Lipinski definition) is 7. The van der Waals surface area contributed by atoms with Gasteiger partial charge in [0, 0.05) is 26.2 Å². The average molecular weight is 593 g/mol. The van der Waals surface area contributed by atoms with Gasteiger partial charge < -0.3 is 18.9 Å². The largest absolute Gasteiger partial charge is 0.497 e. The molecule has 4 aromatic carbocycles. The van der Waals surface area contributed by atoms with Gasteiger partial charge in [-0.1, -0.05) is 54.6 Å². The Kier molecular flexibility index (Phi) is 10.3. The second-order valence-corrected chi connectivity index (χ2v) is 10.9. The molecule has 7 nitrogen and oxygen atoms in total. The first-order valence-electron chi connectivity index (χ1n) is 14.7. The topological polar surface area (TPSA) is 60.5 Å². The molecular formula is C37H40N2O5. The van der Waals surface area contributed by atoms with Gasteiger partial charge in [0.2, 0.25) is 0 Å². The molecule has 1 aliphatic carbocycles. The van der Waals surface area contributed by atoms with Gasteiger partial charge in [-0.3, -0.25) is 14.6 Å². The van der Waals surface area contributed by atoms with Crippen LogP contribution in [0.2, 0.25) is 0 Å². The molecule has 228 valence electrons. The molecule has 4 aromatic rings. The highest BCUT2D eigenvalue weighted by molar-refractivity contribution is 5.98. The summed E-state index contributed by atoms with van der Waals surface area (Å²) in [7, 11) is 6.67. The van der Waals surface area contributed by atoms with Crippen LogP contribution in [0, 0.1) is 0 Å². The number of hydrogen-bond donors (Lipinski definition) is 0. The van der Waals surface area contributed by atoms with E-state index in [0.717, 1.165) is 45.3 Å². The maximum atomic E-state index is 13.8. The van der Waals surface area contributed by atoms with Crippen molar-refractivity contribution in [2.45, 2.75) is 38.3 Å². The average Bonchev–Trinajstić information content (AvgIpc) is 3.46. The van der Waals surface area contributed by atoms with Crippen molar-refractivity contribution in [1.82, 2.24) is 9.80 Å². The Labute approximate surface area is 260 Å². The van der Waals surface area contributed by atoms with E-state index in [1.54, 1.807) is 34.5 Å². The fourth-order valence-corrected chi connectivity index (χ4v) is 5.66. The first-order chi connectivity index (χ1) is 21.5. The SMILES string of the molecule is COc1ccc(CN(Cc2ccc(OC)cc2)[C@H]2C=CC(=O)[C@@H]2N(Cc2ccc(OC)cc2)Cc2ccc(OC)cc2)cc1. The lowest BCUT2D eigenvalue weighted by atomic mass is 10.0. The van der Waals surface area contributed by atoms with Crippen molar-refractivity contribution in [3.8, 4) is 23.0 Å². The highest BCUT2D eigenvalue weighted by Gasteiger charge is 2.38. The zero-order valence-corrected chi connectivity index (χ0v) is 25.8. The highest BCUT2D eigenvalue weighted by atomic mass is 16.5. The first kappa shape index (κ1) is 30.9. The molecule has 0 unspecified atom stereocenters. The molecular weight excluding hydrogens is 552 g/mol. The van der Waals surface area contributed by atoms with Crippen LogP contribution >= 0.6 is 0 Å². The van der Waals surface area contributed by atoms with Crippen LogP contribution in [0.5, 0.6) is 23.0 Å². The molecule has 1 aliphatic rings. The summed E-state index contributed by atoms with van der Waals surface area (Å²) in [5, 5.41) is 0. The van der Waals surface area contributed by atoms with Crippen molar-refractivity contribution in [2.75, 3.05) is 28.4 Å². The van der Waals surface area contributed by atoms with Crippen molar-refractivity contribution in [1.29, 1.82) is 0 Å². The molecule has 0 aliphatic heterocycles. The number of benzene rings is 4. The molecule has 0 aromatic heterocycles. The Balaban J connectivity index is 1.48. The number of ether oxygens (including phenoxy) is 4. The Bertz CT molecular complexity index is 1420. The molecule has 0 saturated heterocycles. The second kappa shape index (κ2) is 14.7. The quantitative estimate of drug-likeness (QED) is 0.170. The summed E-state index contributed by atoms with van der Waals surface area (Å²) in [6.07, 6.45) is 3.81. The normalized spacial score (nSPS) is 16.0. The summed E-state index contributed by atoms with van der Waals surface area (Å²) in [6, 6.07) is 31.8. The lowest BCUT2D eigenvalue weighted by molar-refractivity contribution is -0.121. The summed E-state index contributed by atoms with van der Waals surface area (Å²) in [5.74, 6) is 3.34. The standard InChI is InChI=1S/C37H40N2O5/c1-41-31-13-5-27(6-14-31)23-38(24-28-7-15-32(42-2)16-8-28)35-21-22-36(40)37(35)39(25-29-9-17-33(43-3)18-10-29)26-30-11-19-34(44-4)20-12-30/h5-22,35,37H,23-26H2,1-4H3/t35-,37+/m0/s1. The lowest BCUT2D eigenvalue weighted by Crippen LogP contribution is -2.51. The van der Waals surface area contributed by atoms with Crippen LogP contribution in [0.15, 0.2) is 109 Å². The van der Waals surface area contributed by atoms with Gasteiger partial charge in [-0.25, -0.2) is 0 Å². The summed E-state index contributed by atoms with van der Waals surface area (Å²) < 4.78 is 21.6. The van der Waals surface area contributed by atoms with E-state index in [1.807, 2.05) is 48.5 Å². The van der Waals surface area contributed by atoms with E-state index in [9.17, 15) is 4.79 Å². The molecule has 0 bridgehead atoms. The molecule has 0 heterocycles. The van der Waals surface area contributed by atoms with Crippen LogP contribution in [0.25, 0.3) is 0 Å². The zero-order chi connectivity index (χ0) is 30.9. The van der Waals surface area contributed by atoms with Crippen LogP contribution < -0.4 is 18.9 Å². The van der Waals surface area contributed by atoms with E-state index >= 15 is 0 Å². The molecule has 0 saturated carbocycles. The Hall–Kier alpha value is -4.59. The van der Waals surface area contributed by atoms with Crippen molar-refractivity contribution >= 4 is 5.78 Å². The molecule has 0 N–H and O–H groups in total. The van der Waals surface area contributed by atoms with E-state index in [4.69, 9.17) is 18.9 Å². The molecule has 2 atom stereocenters. The van der Waals surface area contributed by atoms with Gasteiger partial charge in [0.15, 0.2) is 5.78 Å². The van der Waals surface area contributed by atoms with Crippen LogP contribution in [-0.2, 0) is 31.0 Å². The third-order valence-electron chi connectivity index (χ3n) is 8.07. The van der Waals surface area contributed by atoms with Crippen LogP contribution in [0.4, 0.5) is 0 Å². The number of carbonyl (C=O) groups excluding carboxylic acids is 1. The maximum absolute atomic E-state index is 13.8. The minimum absolute atomic E-state index is 0.103. The van der Waals surface area contributed by atoms with Crippen LogP contribution in [0.1, 0.15) is 22.3 Å². The molecule has 7 heteroatoms. The predicted molar refractivity (Wildman–Crippen MR) is 172 cm³/mol. The number of carbonyl (C=O) groups is 1. The molecule has 0 amide bonds. The highest BCUT2D eigenvalue weighted by Crippen LogP contribution is 2.29. The summed E-state index contributed by atoms with van der Waals surface area (Å²) in [4.78, 5) is 18.4. The van der Waals surface area contributed by atoms with Crippen molar-refractivity contribution in [3.05, 3.63) is 131 Å². The Morgan fingerprint density at radius 1 is 0.477 bits per heavy atom. The Morgan fingerprint density at radius 3 is 1.07 bits per heavy atom. The van der Waals surface area contributed by atoms with Crippen LogP contribution in [-0.4, -0.2) is 56.1 Å². The van der Waals surface area contributed by atoms with Crippen LogP contribution in [0.3, 0.4) is 0 Å². The van der Waals surface area contributed by atoms with E-state index in [1.165, 1.54) is 0 Å². The van der Waals surface area contributed by atoms with Crippen molar-refractivity contribution in [3.63, 3.8) is 0 Å². The monoisotopic (exact) mass is 592 g/mol. The first-order valence-corrected chi connectivity index (χ1v) is 14.7. The summed E-state index contributed by atoms with van der Waals surface area (Å²) in [5.41, 5.74) is 4.49. The van der Waals surface area contributed by atoms with E-state index in [-0.39, 0.29) is 17.9 Å². The minimum atomic E-state index is -0.379. The summed E-state index contributed by atoms with van der Waals surface area (Å²) in [6.45, 7) is 2.52. The number of rotatable bonds is 14. The fourth-order valence-electron chi connectivity index (χ4n) is 5.66. The third kappa shape index (κ3) is 7.67. The Morgan fingerprint density at radius 2 is 0.773 bits per heavy atom. The predicted octanol–water partition coefficient (Wildman–Crippen LogP) is 6.30. The van der Waals surface area contributed by atoms with Gasteiger partial charge in [0.05, 0.1) is 40.5 Å². The number of nitrogens with zero attached hydrogens (tertiary/aromatic N) is 2. The fraction of sp³-hybridized carbons (Fsp3) is 0.270. The summed E-state index contributed by atoms with van der Waals surface area (Å²) >= 11 is 0. The maximum Gasteiger partial charge on any atom is 0.174 e. The molecule has 0 spiro atoms. The molecule has 0 radical (unpaired) electrons. The van der Waals surface area contributed by atoms with Gasteiger partial charge in [0.25, 0.3) is 0 Å². The van der Waals surface area contributed by atoms with E-state index in [0.29, 0.717) is 26.2 Å². The molecule has 44 heavy (non-hydrogen) atoms. The molecule has 5 rings (SSSR count). The van der Waals surface area contributed by atoms with Gasteiger partial charge in [-0.15, -0.1) is 0 Å². The van der Waals surface area contributed by atoms with Gasteiger partial charge in [-0.2, -0.15) is 0 Å². The number of ketones is 1. The molecule has 0 fully saturated rings. The minimum Gasteiger partial charge on any atom is -0.497 e. The zero-order valence-electron chi connectivity index (χ0n) is 25.8.